The van der Waals surface area contributed by atoms with E-state index in [-0.39, 0.29) is 18.4 Å². The van der Waals surface area contributed by atoms with Crippen LogP contribution in [0.15, 0.2) is 24.3 Å². The fourth-order valence-electron chi connectivity index (χ4n) is 2.76. The Hall–Kier alpha value is -2.57. The molecule has 0 spiro atoms. The maximum atomic E-state index is 12.7. The molecule has 26 heavy (non-hydrogen) atoms. The lowest BCUT2D eigenvalue weighted by Crippen LogP contribution is -2.45. The number of rotatable bonds is 8. The highest BCUT2D eigenvalue weighted by molar-refractivity contribution is 6.08. The van der Waals surface area contributed by atoms with E-state index >= 15 is 0 Å². The van der Waals surface area contributed by atoms with Crippen LogP contribution in [0, 0.1) is 5.92 Å². The molecule has 0 saturated carbocycles. The van der Waals surface area contributed by atoms with Crippen LogP contribution in [0.25, 0.3) is 0 Å². The summed E-state index contributed by atoms with van der Waals surface area (Å²) in [6, 6.07) is 7.06. The first-order valence-electron chi connectivity index (χ1n) is 8.79. The van der Waals surface area contributed by atoms with Gasteiger partial charge in [0.15, 0.2) is 0 Å². The zero-order chi connectivity index (χ0) is 19.3. The average Bonchev–Trinajstić information content (AvgIpc) is 2.82. The Kier molecular flexibility index (Phi) is 6.23. The molecule has 0 aliphatic carbocycles. The molecule has 1 aromatic rings. The Morgan fingerprint density at radius 2 is 1.92 bits per heavy atom. The first kappa shape index (κ1) is 19.8. The lowest BCUT2D eigenvalue weighted by molar-refractivity contribution is -0.134. The highest BCUT2D eigenvalue weighted by Gasteiger charge is 2.47. The highest BCUT2D eigenvalue weighted by atomic mass is 16.5. The van der Waals surface area contributed by atoms with Gasteiger partial charge in [0, 0.05) is 6.54 Å². The zero-order valence-electron chi connectivity index (χ0n) is 15.8. The zero-order valence-corrected chi connectivity index (χ0v) is 15.8. The van der Waals surface area contributed by atoms with Crippen LogP contribution in [-0.2, 0) is 16.0 Å². The molecular formula is C19H27N3O4. The minimum absolute atomic E-state index is 0.254. The second-order valence-electron chi connectivity index (χ2n) is 7.20. The molecule has 1 aliphatic rings. The fraction of sp³-hybridized carbons (Fsp3) is 0.526. The molecule has 142 valence electrons. The van der Waals surface area contributed by atoms with Gasteiger partial charge in [-0.25, -0.2) is 4.79 Å². The Morgan fingerprint density at radius 1 is 1.27 bits per heavy atom. The van der Waals surface area contributed by atoms with Crippen molar-refractivity contribution >= 4 is 17.8 Å². The lowest BCUT2D eigenvalue weighted by Gasteiger charge is -2.21. The lowest BCUT2D eigenvalue weighted by atomic mass is 9.93. The number of carbonyl (C=O) groups excluding carboxylic acids is 3. The van der Waals surface area contributed by atoms with Gasteiger partial charge < -0.3 is 15.4 Å². The molecule has 4 amide bonds. The maximum absolute atomic E-state index is 12.7. The summed E-state index contributed by atoms with van der Waals surface area (Å²) in [5.41, 5.74) is 0.0391. The molecule has 0 aromatic heterocycles. The van der Waals surface area contributed by atoms with Crippen molar-refractivity contribution < 1.29 is 19.1 Å². The summed E-state index contributed by atoms with van der Waals surface area (Å²) in [5, 5.41) is 5.45. The average molecular weight is 361 g/mol. The van der Waals surface area contributed by atoms with E-state index in [1.807, 2.05) is 38.1 Å². The molecule has 7 heteroatoms. The molecule has 1 aliphatic heterocycles. The maximum Gasteiger partial charge on any atom is 0.325 e. The molecule has 0 radical (unpaired) electrons. The number of nitrogens with zero attached hydrogens (tertiary/aromatic N) is 1. The first-order valence-corrected chi connectivity index (χ1v) is 8.79. The fourth-order valence-corrected chi connectivity index (χ4v) is 2.76. The van der Waals surface area contributed by atoms with E-state index in [4.69, 9.17) is 4.74 Å². The van der Waals surface area contributed by atoms with Crippen LogP contribution in [0.3, 0.4) is 0 Å². The van der Waals surface area contributed by atoms with Gasteiger partial charge in [-0.1, -0.05) is 26.0 Å². The molecular weight excluding hydrogens is 334 g/mol. The van der Waals surface area contributed by atoms with Crippen molar-refractivity contribution in [1.82, 2.24) is 15.5 Å². The first-order chi connectivity index (χ1) is 12.2. The Balaban J connectivity index is 1.95. The van der Waals surface area contributed by atoms with Crippen molar-refractivity contribution in [3.63, 3.8) is 0 Å². The van der Waals surface area contributed by atoms with Crippen LogP contribution in [-0.4, -0.2) is 48.5 Å². The normalized spacial score (nSPS) is 19.7. The summed E-state index contributed by atoms with van der Waals surface area (Å²) >= 11 is 0. The number of aryl methyl sites for hydroxylation is 1. The number of carbonyl (C=O) groups is 3. The number of ether oxygens (including phenoxy) is 1. The van der Waals surface area contributed by atoms with Crippen molar-refractivity contribution in [3.8, 4) is 5.75 Å². The molecule has 1 atom stereocenters. The Bertz CT molecular complexity index is 672. The largest absolute Gasteiger partial charge is 0.497 e. The van der Waals surface area contributed by atoms with Gasteiger partial charge in [-0.05, 0) is 43.4 Å². The molecule has 2 rings (SSSR count). The molecule has 1 aromatic carbocycles. The van der Waals surface area contributed by atoms with E-state index in [1.165, 1.54) is 0 Å². The standard InChI is InChI=1S/C19H27N3O4/c1-13(2)11-20-16(23)12-22-17(24)19(3,21-18(22)25)10-9-14-5-7-15(26-4)8-6-14/h5-8,13H,9-12H2,1-4H3,(H,20,23)(H,21,25). The number of amides is 4. The van der Waals surface area contributed by atoms with Crippen molar-refractivity contribution in [2.75, 3.05) is 20.2 Å². The van der Waals surface area contributed by atoms with Crippen LogP contribution in [0.1, 0.15) is 32.8 Å². The third-order valence-corrected chi connectivity index (χ3v) is 4.43. The van der Waals surface area contributed by atoms with Crippen LogP contribution < -0.4 is 15.4 Å². The van der Waals surface area contributed by atoms with E-state index in [0.29, 0.717) is 25.3 Å². The number of hydrogen-bond acceptors (Lipinski definition) is 4. The number of urea groups is 1. The summed E-state index contributed by atoms with van der Waals surface area (Å²) in [4.78, 5) is 37.8. The number of nitrogens with one attached hydrogen (secondary N) is 2. The van der Waals surface area contributed by atoms with Crippen molar-refractivity contribution in [2.24, 2.45) is 5.92 Å². The monoisotopic (exact) mass is 361 g/mol. The summed E-state index contributed by atoms with van der Waals surface area (Å²) < 4.78 is 5.13. The molecule has 1 fully saturated rings. The van der Waals surface area contributed by atoms with E-state index in [9.17, 15) is 14.4 Å². The SMILES string of the molecule is COc1ccc(CCC2(C)NC(=O)N(CC(=O)NCC(C)C)C2=O)cc1. The summed E-state index contributed by atoms with van der Waals surface area (Å²) in [5.74, 6) is 0.373. The van der Waals surface area contributed by atoms with Crippen molar-refractivity contribution in [1.29, 1.82) is 0 Å². The topological polar surface area (TPSA) is 87.7 Å². The predicted octanol–water partition coefficient (Wildman–Crippen LogP) is 1.71. The van der Waals surface area contributed by atoms with Gasteiger partial charge in [0.2, 0.25) is 5.91 Å². The van der Waals surface area contributed by atoms with Gasteiger partial charge in [-0.15, -0.1) is 0 Å². The molecule has 2 N–H and O–H groups in total. The Morgan fingerprint density at radius 3 is 2.50 bits per heavy atom. The van der Waals surface area contributed by atoms with Gasteiger partial charge in [0.05, 0.1) is 7.11 Å². The van der Waals surface area contributed by atoms with Crippen molar-refractivity contribution in [3.05, 3.63) is 29.8 Å². The van der Waals surface area contributed by atoms with Gasteiger partial charge >= 0.3 is 6.03 Å². The molecule has 1 unspecified atom stereocenters. The Labute approximate surface area is 154 Å². The smallest absolute Gasteiger partial charge is 0.325 e. The van der Waals surface area contributed by atoms with Gasteiger partial charge in [-0.2, -0.15) is 0 Å². The van der Waals surface area contributed by atoms with Crippen LogP contribution >= 0.6 is 0 Å². The van der Waals surface area contributed by atoms with Crippen molar-refractivity contribution in [2.45, 2.75) is 39.2 Å². The quantitative estimate of drug-likeness (QED) is 0.690. The van der Waals surface area contributed by atoms with E-state index in [0.717, 1.165) is 16.2 Å². The van der Waals surface area contributed by atoms with Gasteiger partial charge in [0.25, 0.3) is 5.91 Å². The summed E-state index contributed by atoms with van der Waals surface area (Å²) in [7, 11) is 1.61. The third kappa shape index (κ3) is 4.74. The van der Waals surface area contributed by atoms with E-state index in [2.05, 4.69) is 10.6 Å². The van der Waals surface area contributed by atoms with E-state index < -0.39 is 11.6 Å². The predicted molar refractivity (Wildman–Crippen MR) is 97.8 cm³/mol. The molecule has 1 saturated heterocycles. The summed E-state index contributed by atoms with van der Waals surface area (Å²) in [6.45, 7) is 5.91. The molecule has 1 heterocycles. The molecule has 0 bridgehead atoms. The van der Waals surface area contributed by atoms with Gasteiger partial charge in [0.1, 0.15) is 17.8 Å². The van der Waals surface area contributed by atoms with Crippen LogP contribution in [0.4, 0.5) is 4.79 Å². The number of imide groups is 1. The number of hydrogen-bond donors (Lipinski definition) is 2. The number of methoxy groups -OCH3 is 1. The third-order valence-electron chi connectivity index (χ3n) is 4.43. The second kappa shape index (κ2) is 8.21. The highest BCUT2D eigenvalue weighted by Crippen LogP contribution is 2.24. The molecule has 7 nitrogen and oxygen atoms in total. The van der Waals surface area contributed by atoms with Gasteiger partial charge in [-0.3, -0.25) is 14.5 Å². The van der Waals surface area contributed by atoms with Crippen LogP contribution in [0.2, 0.25) is 0 Å². The number of benzene rings is 1. The minimum atomic E-state index is -1.00. The minimum Gasteiger partial charge on any atom is -0.497 e. The van der Waals surface area contributed by atoms with Crippen LogP contribution in [0.5, 0.6) is 5.75 Å². The van der Waals surface area contributed by atoms with E-state index in [1.54, 1.807) is 14.0 Å². The summed E-state index contributed by atoms with van der Waals surface area (Å²) in [6.07, 6.45) is 1.08. The second-order valence-corrected chi connectivity index (χ2v) is 7.20.